The third kappa shape index (κ3) is 3.85. The van der Waals surface area contributed by atoms with Crippen molar-refractivity contribution in [3.05, 3.63) is 35.4 Å². The van der Waals surface area contributed by atoms with Crippen LogP contribution in [-0.4, -0.2) is 6.54 Å². The first-order valence-corrected chi connectivity index (χ1v) is 8.44. The Labute approximate surface area is 125 Å². The van der Waals surface area contributed by atoms with E-state index >= 15 is 0 Å². The van der Waals surface area contributed by atoms with E-state index in [1.165, 1.54) is 36.8 Å². The second-order valence-corrected chi connectivity index (χ2v) is 6.95. The molecule has 0 bridgehead atoms. The van der Waals surface area contributed by atoms with E-state index in [0.717, 1.165) is 24.3 Å². The van der Waals surface area contributed by atoms with Crippen LogP contribution in [0.1, 0.15) is 64.1 Å². The molecular weight excluding hydrogens is 242 g/mol. The predicted octanol–water partition coefficient (Wildman–Crippen LogP) is 4.97. The number of rotatable bonds is 6. The summed E-state index contributed by atoms with van der Waals surface area (Å²) in [6.07, 6.45) is 5.37. The lowest BCUT2D eigenvalue weighted by Crippen LogP contribution is -2.29. The van der Waals surface area contributed by atoms with Crippen molar-refractivity contribution in [2.24, 2.45) is 17.8 Å². The monoisotopic (exact) mass is 273 g/mol. The molecule has 1 aliphatic rings. The van der Waals surface area contributed by atoms with E-state index in [0.29, 0.717) is 6.04 Å². The molecule has 2 rings (SSSR count). The van der Waals surface area contributed by atoms with Gasteiger partial charge in [-0.05, 0) is 48.3 Å². The highest BCUT2D eigenvalue weighted by molar-refractivity contribution is 5.27. The van der Waals surface area contributed by atoms with Crippen LogP contribution < -0.4 is 5.32 Å². The largest absolute Gasteiger partial charge is 0.310 e. The molecule has 1 saturated carbocycles. The van der Waals surface area contributed by atoms with Crippen molar-refractivity contribution in [2.75, 3.05) is 6.54 Å². The second-order valence-electron chi connectivity index (χ2n) is 6.95. The summed E-state index contributed by atoms with van der Waals surface area (Å²) in [5.74, 6) is 2.39. The SMILES string of the molecule is CCNC(c1cccc(CC(C)C)c1)C1CCCC1C. The summed E-state index contributed by atoms with van der Waals surface area (Å²) in [7, 11) is 0. The van der Waals surface area contributed by atoms with Gasteiger partial charge in [0.15, 0.2) is 0 Å². The Balaban J connectivity index is 2.20. The molecule has 1 N–H and O–H groups in total. The van der Waals surface area contributed by atoms with Gasteiger partial charge in [0.25, 0.3) is 0 Å². The Morgan fingerprint density at radius 2 is 2.05 bits per heavy atom. The van der Waals surface area contributed by atoms with Gasteiger partial charge < -0.3 is 5.32 Å². The molecular formula is C19H31N. The lowest BCUT2D eigenvalue weighted by Gasteiger charge is -2.28. The molecule has 0 amide bonds. The zero-order valence-electron chi connectivity index (χ0n) is 13.7. The van der Waals surface area contributed by atoms with Gasteiger partial charge in [0.1, 0.15) is 0 Å². The summed E-state index contributed by atoms with van der Waals surface area (Å²) < 4.78 is 0. The van der Waals surface area contributed by atoms with Crippen LogP contribution in [0.3, 0.4) is 0 Å². The van der Waals surface area contributed by atoms with Crippen LogP contribution in [0.4, 0.5) is 0 Å². The first-order chi connectivity index (χ1) is 9.61. The van der Waals surface area contributed by atoms with Gasteiger partial charge in [0, 0.05) is 6.04 Å². The summed E-state index contributed by atoms with van der Waals surface area (Å²) in [6.45, 7) is 10.3. The summed E-state index contributed by atoms with van der Waals surface area (Å²) >= 11 is 0. The molecule has 0 aliphatic heterocycles. The highest BCUT2D eigenvalue weighted by atomic mass is 14.9. The van der Waals surface area contributed by atoms with Crippen molar-refractivity contribution < 1.29 is 0 Å². The number of hydrogen-bond donors (Lipinski definition) is 1. The predicted molar refractivity (Wildman–Crippen MR) is 87.9 cm³/mol. The molecule has 1 nitrogen and oxygen atoms in total. The molecule has 1 fully saturated rings. The first kappa shape index (κ1) is 15.6. The minimum absolute atomic E-state index is 0.546. The fourth-order valence-corrected chi connectivity index (χ4v) is 3.79. The number of hydrogen-bond acceptors (Lipinski definition) is 1. The maximum atomic E-state index is 3.75. The van der Waals surface area contributed by atoms with Crippen LogP contribution in [0.2, 0.25) is 0 Å². The van der Waals surface area contributed by atoms with Crippen LogP contribution >= 0.6 is 0 Å². The van der Waals surface area contributed by atoms with Gasteiger partial charge in [0.2, 0.25) is 0 Å². The Kier molecular flexibility index (Phi) is 5.65. The van der Waals surface area contributed by atoms with Crippen LogP contribution in [0, 0.1) is 17.8 Å². The molecule has 3 unspecified atom stereocenters. The summed E-state index contributed by atoms with van der Waals surface area (Å²) in [4.78, 5) is 0. The molecule has 0 saturated heterocycles. The average molecular weight is 273 g/mol. The zero-order valence-corrected chi connectivity index (χ0v) is 13.7. The summed E-state index contributed by atoms with van der Waals surface area (Å²) in [6, 6.07) is 9.84. The normalized spacial score (nSPS) is 24.2. The topological polar surface area (TPSA) is 12.0 Å². The summed E-state index contributed by atoms with van der Waals surface area (Å²) in [5, 5.41) is 3.75. The lowest BCUT2D eigenvalue weighted by atomic mass is 9.85. The van der Waals surface area contributed by atoms with Gasteiger partial charge in [0.05, 0.1) is 0 Å². The molecule has 1 aromatic rings. The van der Waals surface area contributed by atoms with Crippen molar-refractivity contribution in [1.82, 2.24) is 5.32 Å². The maximum absolute atomic E-state index is 3.75. The third-order valence-corrected chi connectivity index (χ3v) is 4.73. The van der Waals surface area contributed by atoms with Gasteiger partial charge in [-0.2, -0.15) is 0 Å². The second kappa shape index (κ2) is 7.26. The molecule has 1 aromatic carbocycles. The van der Waals surface area contributed by atoms with Crippen LogP contribution in [0.5, 0.6) is 0 Å². The van der Waals surface area contributed by atoms with Crippen LogP contribution in [0.15, 0.2) is 24.3 Å². The van der Waals surface area contributed by atoms with Crippen molar-refractivity contribution >= 4 is 0 Å². The van der Waals surface area contributed by atoms with Gasteiger partial charge in [-0.25, -0.2) is 0 Å². The first-order valence-electron chi connectivity index (χ1n) is 8.44. The standard InChI is InChI=1S/C19H31N/c1-5-20-19(18-11-6-8-15(18)4)17-10-7-9-16(13-17)12-14(2)3/h7,9-10,13-15,18-20H,5-6,8,11-12H2,1-4H3. The van der Waals surface area contributed by atoms with Crippen molar-refractivity contribution in [3.8, 4) is 0 Å². The minimum Gasteiger partial charge on any atom is -0.310 e. The lowest BCUT2D eigenvalue weighted by molar-refractivity contribution is 0.305. The van der Waals surface area contributed by atoms with E-state index in [-0.39, 0.29) is 0 Å². The fraction of sp³-hybridized carbons (Fsp3) is 0.684. The Morgan fingerprint density at radius 1 is 1.25 bits per heavy atom. The van der Waals surface area contributed by atoms with Gasteiger partial charge >= 0.3 is 0 Å². The highest BCUT2D eigenvalue weighted by Crippen LogP contribution is 2.40. The summed E-state index contributed by atoms with van der Waals surface area (Å²) in [5.41, 5.74) is 3.00. The van der Waals surface area contributed by atoms with Crippen molar-refractivity contribution in [1.29, 1.82) is 0 Å². The Bertz CT molecular complexity index is 410. The van der Waals surface area contributed by atoms with Gasteiger partial charge in [-0.3, -0.25) is 0 Å². The molecule has 112 valence electrons. The maximum Gasteiger partial charge on any atom is 0.0351 e. The molecule has 0 radical (unpaired) electrons. The molecule has 1 heteroatoms. The van der Waals surface area contributed by atoms with Crippen LogP contribution in [-0.2, 0) is 6.42 Å². The van der Waals surface area contributed by atoms with E-state index in [9.17, 15) is 0 Å². The van der Waals surface area contributed by atoms with Gasteiger partial charge in [-0.15, -0.1) is 0 Å². The van der Waals surface area contributed by atoms with Crippen LogP contribution in [0.25, 0.3) is 0 Å². The zero-order chi connectivity index (χ0) is 14.5. The highest BCUT2D eigenvalue weighted by Gasteiger charge is 2.31. The van der Waals surface area contributed by atoms with Crippen molar-refractivity contribution in [3.63, 3.8) is 0 Å². The molecule has 0 aromatic heterocycles. The van der Waals surface area contributed by atoms with Gasteiger partial charge in [-0.1, -0.05) is 64.8 Å². The quantitative estimate of drug-likeness (QED) is 0.771. The molecule has 20 heavy (non-hydrogen) atoms. The number of benzene rings is 1. The van der Waals surface area contributed by atoms with E-state index in [1.54, 1.807) is 0 Å². The van der Waals surface area contributed by atoms with E-state index in [2.05, 4.69) is 57.3 Å². The Morgan fingerprint density at radius 3 is 2.65 bits per heavy atom. The van der Waals surface area contributed by atoms with E-state index < -0.39 is 0 Å². The molecule has 0 heterocycles. The average Bonchev–Trinajstić information content (AvgIpc) is 2.81. The fourth-order valence-electron chi connectivity index (χ4n) is 3.79. The minimum atomic E-state index is 0.546. The smallest absolute Gasteiger partial charge is 0.0351 e. The van der Waals surface area contributed by atoms with E-state index in [1.807, 2.05) is 0 Å². The molecule has 1 aliphatic carbocycles. The van der Waals surface area contributed by atoms with Crippen molar-refractivity contribution in [2.45, 2.75) is 59.4 Å². The third-order valence-electron chi connectivity index (χ3n) is 4.73. The Hall–Kier alpha value is -0.820. The number of nitrogens with one attached hydrogen (secondary N) is 1. The molecule has 3 atom stereocenters. The van der Waals surface area contributed by atoms with E-state index in [4.69, 9.17) is 0 Å². The molecule has 0 spiro atoms.